The van der Waals surface area contributed by atoms with Crippen molar-refractivity contribution in [1.29, 1.82) is 0 Å². The van der Waals surface area contributed by atoms with Crippen molar-refractivity contribution < 1.29 is 19.4 Å². The Morgan fingerprint density at radius 3 is 2.71 bits per heavy atom. The zero-order valence-electron chi connectivity index (χ0n) is 9.60. The van der Waals surface area contributed by atoms with Crippen molar-refractivity contribution in [3.8, 4) is 11.5 Å². The van der Waals surface area contributed by atoms with Gasteiger partial charge in [0.2, 0.25) is 6.79 Å². The van der Waals surface area contributed by atoms with Crippen molar-refractivity contribution in [3.05, 3.63) is 23.3 Å². The number of nitrogens with two attached hydrogens (primary N) is 1. The number of carboxylic acid groups (broad SMARTS) is 1. The Morgan fingerprint density at radius 1 is 1.47 bits per heavy atom. The minimum Gasteiger partial charge on any atom is -0.481 e. The van der Waals surface area contributed by atoms with Crippen LogP contribution in [0.3, 0.4) is 0 Å². The maximum atomic E-state index is 11.2. The Bertz CT molecular complexity index is 444. The van der Waals surface area contributed by atoms with Crippen molar-refractivity contribution in [2.24, 2.45) is 5.73 Å². The van der Waals surface area contributed by atoms with Crippen LogP contribution in [0.25, 0.3) is 0 Å². The number of hydrogen-bond acceptors (Lipinski definition) is 4. The van der Waals surface area contributed by atoms with Crippen molar-refractivity contribution in [1.82, 2.24) is 0 Å². The zero-order chi connectivity index (χ0) is 12.4. The highest BCUT2D eigenvalue weighted by molar-refractivity contribution is 5.77. The molecule has 0 radical (unpaired) electrons. The van der Waals surface area contributed by atoms with Gasteiger partial charge in [-0.3, -0.25) is 4.79 Å². The summed E-state index contributed by atoms with van der Waals surface area (Å²) in [7, 11) is 0. The molecule has 1 unspecified atom stereocenters. The molecule has 1 heterocycles. The molecule has 1 aromatic carbocycles. The average molecular weight is 237 g/mol. The Kier molecular flexibility index (Phi) is 3.19. The van der Waals surface area contributed by atoms with Crippen LogP contribution in [0.5, 0.6) is 11.5 Å². The van der Waals surface area contributed by atoms with E-state index in [1.807, 2.05) is 13.0 Å². The molecule has 1 aliphatic heterocycles. The summed E-state index contributed by atoms with van der Waals surface area (Å²) in [6.07, 6.45) is 0.413. The van der Waals surface area contributed by atoms with Crippen LogP contribution >= 0.6 is 0 Å². The summed E-state index contributed by atoms with van der Waals surface area (Å²) in [5.74, 6) is -0.177. The van der Waals surface area contributed by atoms with Crippen LogP contribution in [-0.4, -0.2) is 24.4 Å². The summed E-state index contributed by atoms with van der Waals surface area (Å²) in [4.78, 5) is 11.2. The largest absolute Gasteiger partial charge is 0.481 e. The average Bonchev–Trinajstić information content (AvgIpc) is 2.71. The van der Waals surface area contributed by atoms with Gasteiger partial charge in [0.25, 0.3) is 0 Å². The molecule has 1 atom stereocenters. The van der Waals surface area contributed by atoms with Crippen LogP contribution in [0.4, 0.5) is 0 Å². The molecule has 0 spiro atoms. The van der Waals surface area contributed by atoms with E-state index in [4.69, 9.17) is 15.2 Å². The fourth-order valence-electron chi connectivity index (χ4n) is 2.01. The van der Waals surface area contributed by atoms with Gasteiger partial charge in [0, 0.05) is 0 Å². The number of hydrogen-bond donors (Lipinski definition) is 2. The van der Waals surface area contributed by atoms with Gasteiger partial charge in [0.1, 0.15) is 0 Å². The van der Waals surface area contributed by atoms with Gasteiger partial charge in [0.05, 0.1) is 5.92 Å². The minimum absolute atomic E-state index is 0.187. The summed E-state index contributed by atoms with van der Waals surface area (Å²) in [6.45, 7) is 2.39. The molecule has 92 valence electrons. The normalized spacial score (nSPS) is 14.7. The van der Waals surface area contributed by atoms with Crippen molar-refractivity contribution in [2.45, 2.75) is 19.3 Å². The van der Waals surface area contributed by atoms with E-state index in [1.54, 1.807) is 6.07 Å². The first-order valence-corrected chi connectivity index (χ1v) is 5.46. The third-order valence-electron chi connectivity index (χ3n) is 2.89. The zero-order valence-corrected chi connectivity index (χ0v) is 9.60. The van der Waals surface area contributed by atoms with Crippen LogP contribution < -0.4 is 15.2 Å². The van der Waals surface area contributed by atoms with Gasteiger partial charge in [-0.15, -0.1) is 0 Å². The molecule has 0 aliphatic carbocycles. The van der Waals surface area contributed by atoms with E-state index in [0.717, 1.165) is 11.1 Å². The number of ether oxygens (including phenoxy) is 2. The Labute approximate surface area is 99.1 Å². The molecular weight excluding hydrogens is 222 g/mol. The van der Waals surface area contributed by atoms with Crippen LogP contribution in [0.15, 0.2) is 12.1 Å². The first kappa shape index (κ1) is 11.7. The number of aliphatic carboxylic acids is 1. The predicted octanol–water partition coefficient (Wildman–Crippen LogP) is 1.24. The third-order valence-corrected chi connectivity index (χ3v) is 2.89. The molecule has 0 bridgehead atoms. The summed E-state index contributed by atoms with van der Waals surface area (Å²) >= 11 is 0. The topological polar surface area (TPSA) is 81.8 Å². The van der Waals surface area contributed by atoms with Crippen LogP contribution in [0.1, 0.15) is 23.5 Å². The Balaban J connectivity index is 2.39. The number of carbonyl (C=O) groups is 1. The van der Waals surface area contributed by atoms with E-state index in [1.165, 1.54) is 0 Å². The molecule has 2 rings (SSSR count). The molecule has 0 saturated carbocycles. The highest BCUT2D eigenvalue weighted by Gasteiger charge is 2.24. The molecule has 1 aromatic rings. The predicted molar refractivity (Wildman–Crippen MR) is 61.4 cm³/mol. The summed E-state index contributed by atoms with van der Waals surface area (Å²) in [5, 5.41) is 9.20. The molecule has 0 amide bonds. The second-order valence-electron chi connectivity index (χ2n) is 4.03. The molecule has 17 heavy (non-hydrogen) atoms. The van der Waals surface area contributed by atoms with Crippen LogP contribution in [0.2, 0.25) is 0 Å². The van der Waals surface area contributed by atoms with Crippen molar-refractivity contribution in [3.63, 3.8) is 0 Å². The van der Waals surface area contributed by atoms with Crippen LogP contribution in [0, 0.1) is 6.92 Å². The van der Waals surface area contributed by atoms with Gasteiger partial charge in [-0.1, -0.05) is 0 Å². The van der Waals surface area contributed by atoms with Gasteiger partial charge < -0.3 is 20.3 Å². The van der Waals surface area contributed by atoms with Gasteiger partial charge >= 0.3 is 5.97 Å². The highest BCUT2D eigenvalue weighted by Crippen LogP contribution is 2.37. The van der Waals surface area contributed by atoms with Gasteiger partial charge in [-0.25, -0.2) is 0 Å². The van der Waals surface area contributed by atoms with E-state index >= 15 is 0 Å². The molecular formula is C12H15NO4. The lowest BCUT2D eigenvalue weighted by atomic mass is 9.91. The standard InChI is InChI=1S/C12H15NO4/c1-7-4-10-11(17-6-16-10)5-9(7)8(2-3-13)12(14)15/h4-5,8H,2-3,6,13H2,1H3,(H,14,15). The molecule has 5 nitrogen and oxygen atoms in total. The second-order valence-corrected chi connectivity index (χ2v) is 4.03. The molecule has 0 aromatic heterocycles. The SMILES string of the molecule is Cc1cc2c(cc1C(CCN)C(=O)O)OCO2. The smallest absolute Gasteiger partial charge is 0.311 e. The van der Waals surface area contributed by atoms with Crippen molar-refractivity contribution >= 4 is 5.97 Å². The number of benzene rings is 1. The maximum Gasteiger partial charge on any atom is 0.311 e. The molecule has 0 saturated heterocycles. The fraction of sp³-hybridized carbons (Fsp3) is 0.417. The number of rotatable bonds is 4. The van der Waals surface area contributed by atoms with E-state index in [9.17, 15) is 9.90 Å². The van der Waals surface area contributed by atoms with Gasteiger partial charge in [-0.2, -0.15) is 0 Å². The lowest BCUT2D eigenvalue weighted by molar-refractivity contribution is -0.138. The number of fused-ring (bicyclic) bond motifs is 1. The van der Waals surface area contributed by atoms with E-state index in [0.29, 0.717) is 24.5 Å². The summed E-state index contributed by atoms with van der Waals surface area (Å²) in [5.41, 5.74) is 7.08. The number of carboxylic acids is 1. The minimum atomic E-state index is -0.864. The number of aryl methyl sites for hydroxylation is 1. The molecule has 5 heteroatoms. The highest BCUT2D eigenvalue weighted by atomic mass is 16.7. The van der Waals surface area contributed by atoms with E-state index in [-0.39, 0.29) is 6.79 Å². The maximum absolute atomic E-state index is 11.2. The second kappa shape index (κ2) is 4.63. The van der Waals surface area contributed by atoms with Crippen LogP contribution in [-0.2, 0) is 4.79 Å². The Morgan fingerprint density at radius 2 is 2.12 bits per heavy atom. The summed E-state index contributed by atoms with van der Waals surface area (Å²) in [6, 6.07) is 3.55. The molecule has 0 fully saturated rings. The van der Waals surface area contributed by atoms with Gasteiger partial charge in [-0.05, 0) is 43.1 Å². The lowest BCUT2D eigenvalue weighted by Gasteiger charge is -2.15. The molecule has 1 aliphatic rings. The monoisotopic (exact) mass is 237 g/mol. The van der Waals surface area contributed by atoms with Gasteiger partial charge in [0.15, 0.2) is 11.5 Å². The first-order valence-electron chi connectivity index (χ1n) is 5.46. The first-order chi connectivity index (χ1) is 8.13. The third kappa shape index (κ3) is 2.19. The van der Waals surface area contributed by atoms with Crippen molar-refractivity contribution in [2.75, 3.05) is 13.3 Å². The van der Waals surface area contributed by atoms with E-state index in [2.05, 4.69) is 0 Å². The quantitative estimate of drug-likeness (QED) is 0.823. The molecule has 3 N–H and O–H groups in total. The fourth-order valence-corrected chi connectivity index (χ4v) is 2.01. The Hall–Kier alpha value is -1.75. The summed E-state index contributed by atoms with van der Waals surface area (Å²) < 4.78 is 10.5. The lowest BCUT2D eigenvalue weighted by Crippen LogP contribution is -2.17. The van der Waals surface area contributed by atoms with E-state index < -0.39 is 11.9 Å².